The topological polar surface area (TPSA) is 178 Å². The summed E-state index contributed by atoms with van der Waals surface area (Å²) < 4.78 is 6.30. The molecule has 2 aromatic heterocycles. The zero-order valence-corrected chi connectivity index (χ0v) is 21.9. The Morgan fingerprint density at radius 3 is 2.54 bits per heavy atom. The number of carbonyl (C=O) groups is 2. The van der Waals surface area contributed by atoms with Gasteiger partial charge in [-0.2, -0.15) is 9.97 Å². The summed E-state index contributed by atoms with van der Waals surface area (Å²) in [6.07, 6.45) is 3.05. The monoisotopic (exact) mass is 538 g/mol. The lowest BCUT2D eigenvalue weighted by Crippen LogP contribution is -2.42. The molecule has 0 bridgehead atoms. The van der Waals surface area contributed by atoms with Gasteiger partial charge in [0, 0.05) is 36.4 Å². The molecule has 1 saturated carbocycles. The maximum absolute atomic E-state index is 12.1. The van der Waals surface area contributed by atoms with Gasteiger partial charge in [-0.25, -0.2) is 19.1 Å². The van der Waals surface area contributed by atoms with Crippen molar-refractivity contribution >= 4 is 46.5 Å². The Hall–Kier alpha value is -4.49. The summed E-state index contributed by atoms with van der Waals surface area (Å²) in [5.74, 6) is 0.690. The summed E-state index contributed by atoms with van der Waals surface area (Å²) in [6.45, 7) is 5.96. The highest BCUT2D eigenvalue weighted by Gasteiger charge is 2.29. The first-order valence-corrected chi connectivity index (χ1v) is 12.8. The lowest BCUT2D eigenvalue weighted by Gasteiger charge is -2.30. The Bertz CT molecular complexity index is 1440. The van der Waals surface area contributed by atoms with E-state index in [4.69, 9.17) is 9.72 Å². The second-order valence-corrected chi connectivity index (χ2v) is 10.8. The van der Waals surface area contributed by atoms with Crippen LogP contribution in [0.3, 0.4) is 0 Å². The maximum Gasteiger partial charge on any atom is 0.418 e. The van der Waals surface area contributed by atoms with E-state index in [1.165, 1.54) is 12.4 Å². The van der Waals surface area contributed by atoms with E-state index in [0.717, 1.165) is 41.5 Å². The average molecular weight is 539 g/mol. The number of aromatic nitrogens is 4. The van der Waals surface area contributed by atoms with Crippen LogP contribution >= 0.6 is 0 Å². The second kappa shape index (κ2) is 10.0. The van der Waals surface area contributed by atoms with Crippen LogP contribution in [0.15, 0.2) is 24.5 Å². The van der Waals surface area contributed by atoms with Gasteiger partial charge in [0.15, 0.2) is 17.0 Å². The smallest absolute Gasteiger partial charge is 0.418 e. The lowest BCUT2D eigenvalue weighted by atomic mass is 9.91. The number of non-ortho nitro benzene ring substituents is 1. The maximum atomic E-state index is 12.1. The van der Waals surface area contributed by atoms with Crippen LogP contribution in [0.1, 0.15) is 52.0 Å². The number of nitro groups is 1. The Morgan fingerprint density at radius 2 is 1.87 bits per heavy atom. The van der Waals surface area contributed by atoms with Crippen LogP contribution in [0.2, 0.25) is 0 Å². The van der Waals surface area contributed by atoms with Gasteiger partial charge >= 0.3 is 12.2 Å². The Labute approximate surface area is 223 Å². The molecule has 1 fully saturated rings. The number of nitrogens with zero attached hydrogens (tertiary/aromatic N) is 6. The molecule has 2 aliphatic rings. The molecule has 3 aromatic rings. The van der Waals surface area contributed by atoms with Crippen LogP contribution in [-0.4, -0.2) is 66.0 Å². The highest BCUT2D eigenvalue weighted by atomic mass is 16.6. The molecule has 1 aromatic carbocycles. The number of nitro benzene ring substituents is 1. The fourth-order valence-corrected chi connectivity index (χ4v) is 5.04. The number of hydrogen-bond acceptors (Lipinski definition) is 10. The zero-order chi connectivity index (χ0) is 27.9. The summed E-state index contributed by atoms with van der Waals surface area (Å²) >= 11 is 0. The predicted octanol–water partition coefficient (Wildman–Crippen LogP) is 4.20. The van der Waals surface area contributed by atoms with Crippen LogP contribution in [-0.2, 0) is 11.2 Å². The number of amides is 1. The molecule has 0 unspecified atom stereocenters. The second-order valence-electron chi connectivity index (χ2n) is 10.8. The summed E-state index contributed by atoms with van der Waals surface area (Å²) in [5.41, 5.74) is 1.47. The quantitative estimate of drug-likeness (QED) is 0.313. The molecule has 206 valence electrons. The Morgan fingerprint density at radius 1 is 1.15 bits per heavy atom. The third-order valence-corrected chi connectivity index (χ3v) is 6.79. The minimum absolute atomic E-state index is 0.00420. The van der Waals surface area contributed by atoms with E-state index in [2.05, 4.69) is 20.6 Å². The summed E-state index contributed by atoms with van der Waals surface area (Å²) in [4.78, 5) is 50.1. The average Bonchev–Trinajstić information content (AvgIpc) is 3.47. The van der Waals surface area contributed by atoms with Gasteiger partial charge in [0.1, 0.15) is 11.9 Å². The van der Waals surface area contributed by atoms with Crippen LogP contribution in [0.5, 0.6) is 0 Å². The number of nitrogens with one attached hydrogen (secondary N) is 2. The first kappa shape index (κ1) is 26.1. The SMILES string of the molecule is CC(C)(C)OC(=O)NC1CCC(Nc2nc(N3CCc4cc([N+](=O)[O-])ccc43)c3ncn(C(=O)O)c3n2)CC1. The van der Waals surface area contributed by atoms with E-state index in [1.54, 1.807) is 12.1 Å². The van der Waals surface area contributed by atoms with Crippen LogP contribution < -0.4 is 15.5 Å². The predicted molar refractivity (Wildman–Crippen MR) is 142 cm³/mol. The molecule has 0 saturated heterocycles. The normalized spacial score (nSPS) is 19.0. The highest BCUT2D eigenvalue weighted by molar-refractivity contribution is 5.93. The van der Waals surface area contributed by atoms with Crippen LogP contribution in [0.25, 0.3) is 11.2 Å². The number of benzene rings is 1. The molecule has 1 aliphatic carbocycles. The van der Waals surface area contributed by atoms with Crippen LogP contribution in [0, 0.1) is 10.1 Å². The van der Waals surface area contributed by atoms with Crippen molar-refractivity contribution in [1.82, 2.24) is 24.8 Å². The highest BCUT2D eigenvalue weighted by Crippen LogP contribution is 2.38. The minimum atomic E-state index is -1.22. The lowest BCUT2D eigenvalue weighted by molar-refractivity contribution is -0.384. The molecule has 0 atom stereocenters. The molecule has 39 heavy (non-hydrogen) atoms. The van der Waals surface area contributed by atoms with Crippen LogP contribution in [0.4, 0.5) is 32.7 Å². The van der Waals surface area contributed by atoms with Gasteiger partial charge in [-0.15, -0.1) is 0 Å². The number of carbonyl (C=O) groups excluding carboxylic acids is 1. The summed E-state index contributed by atoms with van der Waals surface area (Å²) in [7, 11) is 0. The van der Waals surface area contributed by atoms with Crippen molar-refractivity contribution in [2.75, 3.05) is 16.8 Å². The van der Waals surface area contributed by atoms with E-state index in [9.17, 15) is 24.8 Å². The van der Waals surface area contributed by atoms with Gasteiger partial charge in [-0.05, 0) is 64.5 Å². The van der Waals surface area contributed by atoms with Crippen molar-refractivity contribution in [2.45, 2.75) is 70.6 Å². The third kappa shape index (κ3) is 5.54. The van der Waals surface area contributed by atoms with Gasteiger partial charge in [0.2, 0.25) is 5.95 Å². The van der Waals surface area contributed by atoms with E-state index >= 15 is 0 Å². The number of imidazole rings is 1. The zero-order valence-electron chi connectivity index (χ0n) is 21.9. The molecule has 14 heteroatoms. The number of anilines is 3. The van der Waals surface area contributed by atoms with Gasteiger partial charge in [0.05, 0.1) is 4.92 Å². The van der Waals surface area contributed by atoms with Gasteiger partial charge in [-0.1, -0.05) is 0 Å². The largest absolute Gasteiger partial charge is 0.464 e. The van der Waals surface area contributed by atoms with E-state index in [-0.39, 0.29) is 29.4 Å². The van der Waals surface area contributed by atoms with Crippen molar-refractivity contribution in [1.29, 1.82) is 0 Å². The number of alkyl carbamates (subject to hydrolysis) is 1. The molecular weight excluding hydrogens is 508 g/mol. The Kier molecular flexibility index (Phi) is 6.70. The first-order chi connectivity index (χ1) is 18.5. The fourth-order valence-electron chi connectivity index (χ4n) is 5.04. The van der Waals surface area contributed by atoms with Gasteiger partial charge in [0.25, 0.3) is 5.69 Å². The minimum Gasteiger partial charge on any atom is -0.464 e. The fraction of sp³-hybridized carbons (Fsp3) is 0.480. The number of ether oxygens (including phenoxy) is 1. The number of hydrogen-bond donors (Lipinski definition) is 3. The number of rotatable bonds is 5. The molecule has 0 spiro atoms. The van der Waals surface area contributed by atoms with Gasteiger partial charge < -0.3 is 25.4 Å². The third-order valence-electron chi connectivity index (χ3n) is 6.79. The van der Waals surface area contributed by atoms with E-state index < -0.39 is 22.7 Å². The number of fused-ring (bicyclic) bond motifs is 2. The number of carboxylic acid groups (broad SMARTS) is 1. The molecule has 0 radical (unpaired) electrons. The Balaban J connectivity index is 1.37. The van der Waals surface area contributed by atoms with Crippen molar-refractivity contribution < 1.29 is 24.4 Å². The summed E-state index contributed by atoms with van der Waals surface area (Å²) in [6, 6.07) is 4.67. The van der Waals surface area contributed by atoms with Crippen molar-refractivity contribution in [3.05, 3.63) is 40.2 Å². The molecule has 14 nitrogen and oxygen atoms in total. The van der Waals surface area contributed by atoms with Crippen molar-refractivity contribution in [3.63, 3.8) is 0 Å². The molecule has 5 rings (SSSR count). The first-order valence-electron chi connectivity index (χ1n) is 12.8. The van der Waals surface area contributed by atoms with E-state index in [1.807, 2.05) is 25.7 Å². The summed E-state index contributed by atoms with van der Waals surface area (Å²) in [5, 5.41) is 27.2. The molecule has 3 heterocycles. The molecule has 3 N–H and O–H groups in total. The molecular formula is C25H30N8O6. The molecule has 1 aliphatic heterocycles. The van der Waals surface area contributed by atoms with E-state index in [0.29, 0.717) is 24.3 Å². The van der Waals surface area contributed by atoms with Crippen molar-refractivity contribution in [3.8, 4) is 0 Å². The van der Waals surface area contributed by atoms with Crippen molar-refractivity contribution in [2.24, 2.45) is 0 Å². The molecule has 1 amide bonds. The van der Waals surface area contributed by atoms with Gasteiger partial charge in [-0.3, -0.25) is 10.1 Å². The standard InChI is InChI=1S/C25H30N8O6/c1-25(2,3)39-23(34)28-16-6-4-15(5-7-16)27-22-29-20(19-21(30-22)32(13-26-19)24(35)36)31-11-10-14-12-17(33(37)38)8-9-18(14)31/h8-9,12-13,15-16H,4-7,10-11H2,1-3H3,(H,28,34)(H,35,36)(H,27,29,30).